The van der Waals surface area contributed by atoms with Crippen LogP contribution in [0.2, 0.25) is 0 Å². The fraction of sp³-hybridized carbons (Fsp3) is 0.439. The fourth-order valence-electron chi connectivity index (χ4n) is 7.78. The Bertz CT molecular complexity index is 2120. The summed E-state index contributed by atoms with van der Waals surface area (Å²) >= 11 is 0. The van der Waals surface area contributed by atoms with E-state index in [9.17, 15) is 33.6 Å². The molecule has 2 aromatic carbocycles. The van der Waals surface area contributed by atoms with Crippen molar-refractivity contribution < 1.29 is 43.0 Å². The van der Waals surface area contributed by atoms with E-state index in [1.54, 1.807) is 36.3 Å². The predicted octanol–water partition coefficient (Wildman–Crippen LogP) is 2.87. The standard InChI is InChI=1S/C41H49N9O9/c1-4-28-39(56)48(2)30-22-45-41(47-36(30)49(28)25-11-5-6-12-25)46-27-17-16-24(21-32(27)58-3)37(54)44-19-8-7-18-43-33(52)23-59-31-15-9-13-26-34(31)40(57)50(38(26)55)29(35(42)53)14-10-20-51/h9,13,15-17,20-22,25,28-29H,4-8,10-12,14,18-19,23H2,1-3H3,(H2,42,53)(H,43,52)(H,44,54)(H,45,46,47)/t28-,29?/m1/s1. The minimum Gasteiger partial charge on any atom is -0.495 e. The summed E-state index contributed by atoms with van der Waals surface area (Å²) < 4.78 is 11.2. The number of aldehydes is 1. The number of nitrogens with one attached hydrogen (secondary N) is 3. The zero-order valence-electron chi connectivity index (χ0n) is 33.3. The number of imide groups is 1. The van der Waals surface area contributed by atoms with Crippen molar-refractivity contribution in [3.8, 4) is 11.5 Å². The van der Waals surface area contributed by atoms with Crippen LogP contribution in [0, 0.1) is 0 Å². The number of hydrogen-bond donors (Lipinski definition) is 4. The highest BCUT2D eigenvalue weighted by Gasteiger charge is 2.44. The van der Waals surface area contributed by atoms with Crippen molar-refractivity contribution in [2.24, 2.45) is 5.73 Å². The number of amides is 6. The van der Waals surface area contributed by atoms with Gasteiger partial charge in [0.25, 0.3) is 23.6 Å². The maximum Gasteiger partial charge on any atom is 0.266 e. The van der Waals surface area contributed by atoms with Crippen molar-refractivity contribution in [1.29, 1.82) is 0 Å². The van der Waals surface area contributed by atoms with Gasteiger partial charge >= 0.3 is 0 Å². The van der Waals surface area contributed by atoms with Gasteiger partial charge in [-0.05, 0) is 68.9 Å². The molecule has 6 rings (SSSR count). The molecule has 0 spiro atoms. The van der Waals surface area contributed by atoms with E-state index in [1.807, 2.05) is 6.92 Å². The summed E-state index contributed by atoms with van der Waals surface area (Å²) in [4.78, 5) is 102. The maximum absolute atomic E-state index is 13.2. The minimum absolute atomic E-state index is 0.00254. The molecule has 0 bridgehead atoms. The van der Waals surface area contributed by atoms with E-state index in [1.165, 1.54) is 25.3 Å². The van der Waals surface area contributed by atoms with Crippen LogP contribution in [0.15, 0.2) is 42.6 Å². The first-order valence-electron chi connectivity index (χ1n) is 19.8. The van der Waals surface area contributed by atoms with Gasteiger partial charge in [-0.1, -0.05) is 25.8 Å². The van der Waals surface area contributed by atoms with Gasteiger partial charge in [0.1, 0.15) is 35.6 Å². The minimum atomic E-state index is -1.30. The zero-order valence-corrected chi connectivity index (χ0v) is 33.3. The van der Waals surface area contributed by atoms with Crippen LogP contribution in [0.5, 0.6) is 11.5 Å². The number of primary amides is 1. The Labute approximate surface area is 341 Å². The van der Waals surface area contributed by atoms with Crippen molar-refractivity contribution >= 4 is 64.9 Å². The Morgan fingerprint density at radius 2 is 1.76 bits per heavy atom. The SMILES string of the molecule is CC[C@@H]1C(=O)N(C)c2cnc(Nc3ccc(C(=O)NCCCCNC(=O)COc4cccc5c4C(=O)N(C(CCC=O)C(N)=O)C5=O)cc3OC)nc2N1C1CCCC1. The molecule has 1 unspecified atom stereocenters. The van der Waals surface area contributed by atoms with Crippen LogP contribution in [0.1, 0.15) is 95.8 Å². The maximum atomic E-state index is 13.2. The van der Waals surface area contributed by atoms with Crippen LogP contribution >= 0.6 is 0 Å². The highest BCUT2D eigenvalue weighted by atomic mass is 16.5. The first kappa shape index (κ1) is 42.0. The van der Waals surface area contributed by atoms with Crippen LogP contribution < -0.4 is 41.0 Å². The second-order valence-corrected chi connectivity index (χ2v) is 14.5. The number of unbranched alkanes of at least 4 members (excludes halogenated alkanes) is 1. The molecule has 1 fully saturated rings. The summed E-state index contributed by atoms with van der Waals surface area (Å²) in [6.07, 6.45) is 8.05. The van der Waals surface area contributed by atoms with E-state index < -0.39 is 36.3 Å². The third-order valence-corrected chi connectivity index (χ3v) is 10.8. The summed E-state index contributed by atoms with van der Waals surface area (Å²) in [5.41, 5.74) is 6.94. The van der Waals surface area contributed by atoms with Gasteiger partial charge in [0.15, 0.2) is 12.4 Å². The Kier molecular flexibility index (Phi) is 13.4. The largest absolute Gasteiger partial charge is 0.495 e. The number of methoxy groups -OCH3 is 1. The fourth-order valence-corrected chi connectivity index (χ4v) is 7.78. The van der Waals surface area contributed by atoms with Crippen molar-refractivity contribution in [2.45, 2.75) is 82.8 Å². The Morgan fingerprint density at radius 1 is 1.02 bits per heavy atom. The number of carbonyl (C=O) groups is 7. The highest BCUT2D eigenvalue weighted by Crippen LogP contribution is 2.40. The van der Waals surface area contributed by atoms with Crippen LogP contribution in [-0.4, -0.2) is 109 Å². The number of benzene rings is 2. The van der Waals surface area contributed by atoms with Crippen LogP contribution in [-0.2, 0) is 19.2 Å². The van der Waals surface area contributed by atoms with Crippen molar-refractivity contribution in [3.63, 3.8) is 0 Å². The lowest BCUT2D eigenvalue weighted by atomic mass is 10.0. The van der Waals surface area contributed by atoms with E-state index in [0.717, 1.165) is 36.4 Å². The molecule has 2 atom stereocenters. The van der Waals surface area contributed by atoms with Gasteiger partial charge in [0, 0.05) is 38.2 Å². The molecule has 6 amide bonds. The van der Waals surface area contributed by atoms with E-state index in [4.69, 9.17) is 20.2 Å². The van der Waals surface area contributed by atoms with Gasteiger partial charge < -0.3 is 45.8 Å². The molecule has 3 aromatic rings. The smallest absolute Gasteiger partial charge is 0.266 e. The Balaban J connectivity index is 0.969. The molecule has 5 N–H and O–H groups in total. The number of rotatable bonds is 19. The zero-order chi connectivity index (χ0) is 42.2. The average molecular weight is 812 g/mol. The topological polar surface area (TPSA) is 236 Å². The van der Waals surface area contributed by atoms with Crippen LogP contribution in [0.3, 0.4) is 0 Å². The van der Waals surface area contributed by atoms with Crippen molar-refractivity contribution in [1.82, 2.24) is 25.5 Å². The number of nitrogens with zero attached hydrogens (tertiary/aromatic N) is 5. The molecular weight excluding hydrogens is 763 g/mol. The predicted molar refractivity (Wildman–Crippen MR) is 216 cm³/mol. The third-order valence-electron chi connectivity index (χ3n) is 10.8. The second-order valence-electron chi connectivity index (χ2n) is 14.5. The summed E-state index contributed by atoms with van der Waals surface area (Å²) in [6.45, 7) is 2.20. The van der Waals surface area contributed by atoms with Crippen LogP contribution in [0.4, 0.5) is 23.1 Å². The van der Waals surface area contributed by atoms with Crippen molar-refractivity contribution in [3.05, 3.63) is 59.3 Å². The van der Waals surface area contributed by atoms with Gasteiger partial charge in [-0.15, -0.1) is 0 Å². The van der Waals surface area contributed by atoms with E-state index in [2.05, 4.69) is 25.8 Å². The summed E-state index contributed by atoms with van der Waals surface area (Å²) in [5.74, 6) is -1.74. The lowest BCUT2D eigenvalue weighted by molar-refractivity contribution is -0.123. The Morgan fingerprint density at radius 3 is 2.46 bits per heavy atom. The molecule has 0 saturated heterocycles. The molecule has 3 aliphatic rings. The summed E-state index contributed by atoms with van der Waals surface area (Å²) in [6, 6.07) is 7.96. The number of fused-ring (bicyclic) bond motifs is 2. The first-order valence-corrected chi connectivity index (χ1v) is 19.8. The molecule has 1 aliphatic carbocycles. The monoisotopic (exact) mass is 811 g/mol. The molecule has 2 aliphatic heterocycles. The molecule has 18 heteroatoms. The quantitative estimate of drug-likeness (QED) is 0.0776. The second kappa shape index (κ2) is 18.8. The number of anilines is 4. The van der Waals surface area contributed by atoms with Gasteiger partial charge in [-0.3, -0.25) is 33.7 Å². The summed E-state index contributed by atoms with van der Waals surface area (Å²) in [7, 11) is 3.26. The number of carbonyl (C=O) groups excluding carboxylic acids is 7. The van der Waals surface area contributed by atoms with Gasteiger partial charge in [0.2, 0.25) is 17.8 Å². The molecule has 18 nitrogen and oxygen atoms in total. The molecule has 1 saturated carbocycles. The third kappa shape index (κ3) is 8.95. The normalized spacial score (nSPS) is 16.7. The average Bonchev–Trinajstić information content (AvgIpc) is 3.86. The summed E-state index contributed by atoms with van der Waals surface area (Å²) in [5, 5.41) is 8.82. The molecule has 312 valence electrons. The van der Waals surface area contributed by atoms with Gasteiger partial charge in [-0.2, -0.15) is 4.98 Å². The number of ether oxygens (including phenoxy) is 2. The number of aromatic nitrogens is 2. The lowest BCUT2D eigenvalue weighted by Crippen LogP contribution is -2.55. The molecular formula is C41H49N9O9. The molecule has 59 heavy (non-hydrogen) atoms. The van der Waals surface area contributed by atoms with Crippen molar-refractivity contribution in [2.75, 3.05) is 49.0 Å². The van der Waals surface area contributed by atoms with E-state index in [-0.39, 0.29) is 60.2 Å². The van der Waals surface area contributed by atoms with E-state index in [0.29, 0.717) is 60.7 Å². The highest BCUT2D eigenvalue weighted by molar-refractivity contribution is 6.24. The molecule has 0 radical (unpaired) electrons. The molecule has 3 heterocycles. The number of likely N-dealkylation sites (N-methyl/N-ethyl adjacent to an activating group) is 1. The lowest BCUT2D eigenvalue weighted by Gasteiger charge is -2.43. The Hall–Kier alpha value is -6.59. The van der Waals surface area contributed by atoms with Crippen LogP contribution in [0.25, 0.3) is 0 Å². The van der Waals surface area contributed by atoms with E-state index >= 15 is 0 Å². The first-order chi connectivity index (χ1) is 28.5. The number of nitrogens with two attached hydrogens (primary N) is 1. The number of hydrogen-bond acceptors (Lipinski definition) is 13. The van der Waals surface area contributed by atoms with Gasteiger partial charge in [0.05, 0.1) is 30.1 Å². The van der Waals surface area contributed by atoms with Gasteiger partial charge in [-0.25, -0.2) is 4.98 Å². The molecule has 1 aromatic heterocycles.